The van der Waals surface area contributed by atoms with Crippen molar-refractivity contribution >= 4 is 26.6 Å². The van der Waals surface area contributed by atoms with Crippen LogP contribution in [-0.4, -0.2) is 34.7 Å². The number of nitrogens with one attached hydrogen (secondary N) is 2. The van der Waals surface area contributed by atoms with Crippen molar-refractivity contribution in [2.45, 2.75) is 37.0 Å². The smallest absolute Gasteiger partial charge is 0.200 e. The normalized spacial score (nSPS) is 12.5. The van der Waals surface area contributed by atoms with Crippen LogP contribution in [0.5, 0.6) is 0 Å². The van der Waals surface area contributed by atoms with E-state index in [1.54, 1.807) is 32.9 Å². The Morgan fingerprint density at radius 2 is 1.96 bits per heavy atom. The Bertz CT molecular complexity index is 1020. The fourth-order valence-corrected chi connectivity index (χ4v) is 3.50. The van der Waals surface area contributed by atoms with Crippen molar-refractivity contribution in [2.24, 2.45) is 0 Å². The average Bonchev–Trinajstić information content (AvgIpc) is 2.96. The number of aromatic nitrogens is 3. The van der Waals surface area contributed by atoms with E-state index in [-0.39, 0.29) is 10.8 Å². The van der Waals surface area contributed by atoms with Crippen LogP contribution in [-0.2, 0) is 16.3 Å². The summed E-state index contributed by atoms with van der Waals surface area (Å²) in [5.41, 5.74) is 2.11. The predicted octanol–water partition coefficient (Wildman–Crippen LogP) is 3.32. The second-order valence-corrected chi connectivity index (χ2v) is 9.67. The maximum absolute atomic E-state index is 13.2. The van der Waals surface area contributed by atoms with Crippen LogP contribution in [0.3, 0.4) is 0 Å². The van der Waals surface area contributed by atoms with Crippen LogP contribution in [0.2, 0.25) is 0 Å². The second-order valence-electron chi connectivity index (χ2n) is 7.02. The number of pyridine rings is 1. The highest BCUT2D eigenvalue weighted by Gasteiger charge is 2.31. The van der Waals surface area contributed by atoms with Gasteiger partial charge in [-0.15, -0.1) is 0 Å². The SMILES string of the molecule is CC(C)(C)S(=O)(=O)c1ccc(NCCc2nc3ccc(F)cc3[nH]2)cn1. The third-order valence-electron chi connectivity index (χ3n) is 4.00. The monoisotopic (exact) mass is 376 g/mol. The van der Waals surface area contributed by atoms with Gasteiger partial charge in [-0.1, -0.05) is 0 Å². The van der Waals surface area contributed by atoms with E-state index in [1.165, 1.54) is 24.4 Å². The van der Waals surface area contributed by atoms with Crippen LogP contribution in [0, 0.1) is 5.82 Å². The lowest BCUT2D eigenvalue weighted by Gasteiger charge is -2.18. The van der Waals surface area contributed by atoms with E-state index in [9.17, 15) is 12.8 Å². The van der Waals surface area contributed by atoms with Crippen LogP contribution in [0.25, 0.3) is 11.0 Å². The first-order valence-corrected chi connectivity index (χ1v) is 9.74. The number of hydrogen-bond acceptors (Lipinski definition) is 5. The summed E-state index contributed by atoms with van der Waals surface area (Å²) in [4.78, 5) is 11.6. The molecule has 0 spiro atoms. The van der Waals surface area contributed by atoms with Gasteiger partial charge in [-0.25, -0.2) is 22.8 Å². The third kappa shape index (κ3) is 3.70. The van der Waals surface area contributed by atoms with Crippen molar-refractivity contribution in [3.05, 3.63) is 48.2 Å². The summed E-state index contributed by atoms with van der Waals surface area (Å²) in [7, 11) is -3.46. The van der Waals surface area contributed by atoms with Gasteiger partial charge in [0.15, 0.2) is 14.9 Å². The third-order valence-corrected chi connectivity index (χ3v) is 6.41. The van der Waals surface area contributed by atoms with Crippen molar-refractivity contribution in [1.82, 2.24) is 15.0 Å². The fraction of sp³-hybridized carbons (Fsp3) is 0.333. The van der Waals surface area contributed by atoms with Crippen molar-refractivity contribution in [2.75, 3.05) is 11.9 Å². The number of fused-ring (bicyclic) bond motifs is 1. The van der Waals surface area contributed by atoms with Crippen LogP contribution >= 0.6 is 0 Å². The standard InChI is InChI=1S/C18H21FN4O2S/c1-18(2,3)26(24,25)17-7-5-13(11-21-17)20-9-8-16-22-14-6-4-12(19)10-15(14)23-16/h4-7,10-11,20H,8-9H2,1-3H3,(H,22,23). The van der Waals surface area contributed by atoms with Gasteiger partial charge in [-0.2, -0.15) is 0 Å². The van der Waals surface area contributed by atoms with E-state index in [2.05, 4.69) is 20.3 Å². The number of H-pyrrole nitrogens is 1. The molecule has 0 unspecified atom stereocenters. The minimum Gasteiger partial charge on any atom is -0.383 e. The fourth-order valence-electron chi connectivity index (χ4n) is 2.44. The summed E-state index contributed by atoms with van der Waals surface area (Å²) in [5, 5.41) is 3.24. The van der Waals surface area contributed by atoms with Gasteiger partial charge in [-0.05, 0) is 51.1 Å². The van der Waals surface area contributed by atoms with E-state index in [0.29, 0.717) is 18.5 Å². The van der Waals surface area contributed by atoms with Crippen LogP contribution < -0.4 is 5.32 Å². The zero-order chi connectivity index (χ0) is 18.9. The summed E-state index contributed by atoms with van der Waals surface area (Å²) < 4.78 is 37.0. The van der Waals surface area contributed by atoms with Crippen molar-refractivity contribution in [1.29, 1.82) is 0 Å². The molecule has 26 heavy (non-hydrogen) atoms. The number of sulfone groups is 1. The molecule has 0 bridgehead atoms. The largest absolute Gasteiger partial charge is 0.383 e. The lowest BCUT2D eigenvalue weighted by atomic mass is 10.3. The molecule has 0 saturated heterocycles. The summed E-state index contributed by atoms with van der Waals surface area (Å²) in [6.07, 6.45) is 2.12. The highest BCUT2D eigenvalue weighted by Crippen LogP contribution is 2.23. The van der Waals surface area contributed by atoms with Gasteiger partial charge in [0, 0.05) is 13.0 Å². The highest BCUT2D eigenvalue weighted by molar-refractivity contribution is 7.92. The molecule has 0 aliphatic rings. The molecule has 3 aromatic rings. The Balaban J connectivity index is 1.63. The Morgan fingerprint density at radius 3 is 2.62 bits per heavy atom. The van der Waals surface area contributed by atoms with Crippen molar-refractivity contribution in [3.8, 4) is 0 Å². The molecule has 138 valence electrons. The predicted molar refractivity (Wildman–Crippen MR) is 99.4 cm³/mol. The summed E-state index contributed by atoms with van der Waals surface area (Å²) in [5.74, 6) is 0.445. The lowest BCUT2D eigenvalue weighted by Crippen LogP contribution is -2.28. The maximum Gasteiger partial charge on any atom is 0.200 e. The van der Waals surface area contributed by atoms with E-state index >= 15 is 0 Å². The molecular formula is C18H21FN4O2S. The second kappa shape index (κ2) is 6.68. The van der Waals surface area contributed by atoms with Crippen molar-refractivity contribution in [3.63, 3.8) is 0 Å². The molecule has 2 heterocycles. The minimum absolute atomic E-state index is 0.0647. The van der Waals surface area contributed by atoms with Gasteiger partial charge in [0.2, 0.25) is 0 Å². The molecule has 0 fully saturated rings. The van der Waals surface area contributed by atoms with Gasteiger partial charge in [0.1, 0.15) is 11.6 Å². The first kappa shape index (κ1) is 18.3. The number of rotatable bonds is 5. The van der Waals surface area contributed by atoms with E-state index in [0.717, 1.165) is 17.0 Å². The molecule has 3 rings (SSSR count). The Labute approximate surface area is 151 Å². The minimum atomic E-state index is -3.46. The molecule has 8 heteroatoms. The topological polar surface area (TPSA) is 87.7 Å². The number of nitrogens with zero attached hydrogens (tertiary/aromatic N) is 2. The van der Waals surface area contributed by atoms with Crippen molar-refractivity contribution < 1.29 is 12.8 Å². The van der Waals surface area contributed by atoms with E-state index in [1.807, 2.05) is 0 Å². The molecule has 1 aromatic carbocycles. The molecule has 0 aliphatic carbocycles. The van der Waals surface area contributed by atoms with Crippen LogP contribution in [0.4, 0.5) is 10.1 Å². The Morgan fingerprint density at radius 1 is 1.19 bits per heavy atom. The molecule has 0 aliphatic heterocycles. The first-order valence-electron chi connectivity index (χ1n) is 8.25. The molecule has 0 atom stereocenters. The van der Waals surface area contributed by atoms with Gasteiger partial charge in [0.25, 0.3) is 0 Å². The van der Waals surface area contributed by atoms with Gasteiger partial charge in [0.05, 0.1) is 27.7 Å². The Kier molecular flexibility index (Phi) is 4.70. The Hall–Kier alpha value is -2.48. The van der Waals surface area contributed by atoms with E-state index in [4.69, 9.17) is 0 Å². The number of halogens is 1. The van der Waals surface area contributed by atoms with E-state index < -0.39 is 14.6 Å². The van der Waals surface area contributed by atoms with Crippen LogP contribution in [0.15, 0.2) is 41.6 Å². The quantitative estimate of drug-likeness (QED) is 0.713. The van der Waals surface area contributed by atoms with Gasteiger partial charge >= 0.3 is 0 Å². The van der Waals surface area contributed by atoms with Gasteiger partial charge in [-0.3, -0.25) is 0 Å². The summed E-state index contributed by atoms with van der Waals surface area (Å²) in [6, 6.07) is 7.63. The molecule has 0 amide bonds. The molecule has 2 N–H and O–H groups in total. The maximum atomic E-state index is 13.2. The first-order chi connectivity index (χ1) is 12.2. The molecule has 2 aromatic heterocycles. The number of anilines is 1. The molecule has 6 nitrogen and oxygen atoms in total. The average molecular weight is 376 g/mol. The number of aromatic amines is 1. The number of hydrogen-bond donors (Lipinski definition) is 2. The zero-order valence-corrected chi connectivity index (χ0v) is 15.7. The summed E-state index contributed by atoms with van der Waals surface area (Å²) >= 11 is 0. The number of benzene rings is 1. The zero-order valence-electron chi connectivity index (χ0n) is 14.9. The number of imidazole rings is 1. The van der Waals surface area contributed by atoms with Crippen LogP contribution in [0.1, 0.15) is 26.6 Å². The van der Waals surface area contributed by atoms with Gasteiger partial charge < -0.3 is 10.3 Å². The highest BCUT2D eigenvalue weighted by atomic mass is 32.2. The molecule has 0 saturated carbocycles. The lowest BCUT2D eigenvalue weighted by molar-refractivity contribution is 0.556. The molecule has 0 radical (unpaired) electrons. The summed E-state index contributed by atoms with van der Waals surface area (Å²) in [6.45, 7) is 5.52. The molecular weight excluding hydrogens is 355 g/mol.